The fraction of sp³-hybridized carbons (Fsp3) is 0.357. The van der Waals surface area contributed by atoms with E-state index in [-0.39, 0.29) is 13.0 Å². The van der Waals surface area contributed by atoms with Crippen LogP contribution in [0.15, 0.2) is 18.2 Å². The highest BCUT2D eigenvalue weighted by Crippen LogP contribution is 2.27. The van der Waals surface area contributed by atoms with Gasteiger partial charge in [0.25, 0.3) is 5.91 Å². The number of carboxylic acid groups (broad SMARTS) is 1. The maximum Gasteiger partial charge on any atom is 0.326 e. The summed E-state index contributed by atoms with van der Waals surface area (Å²) in [7, 11) is 1.42. The van der Waals surface area contributed by atoms with E-state index in [1.807, 2.05) is 6.07 Å². The minimum atomic E-state index is -1.10. The van der Waals surface area contributed by atoms with Crippen LogP contribution in [-0.2, 0) is 9.59 Å². The fourth-order valence-corrected chi connectivity index (χ4v) is 1.57. The number of hydrogen-bond donors (Lipinski definition) is 2. The van der Waals surface area contributed by atoms with Crippen molar-refractivity contribution in [2.24, 2.45) is 0 Å². The molecule has 1 aromatic rings. The minimum absolute atomic E-state index is 0.279. The third kappa shape index (κ3) is 4.69. The average molecular weight is 292 g/mol. The molecule has 0 fully saturated rings. The number of amides is 1. The zero-order valence-corrected chi connectivity index (χ0v) is 11.8. The van der Waals surface area contributed by atoms with E-state index in [1.54, 1.807) is 6.92 Å². The first-order valence-corrected chi connectivity index (χ1v) is 6.24. The van der Waals surface area contributed by atoms with E-state index in [4.69, 9.17) is 19.8 Å². The van der Waals surface area contributed by atoms with Gasteiger partial charge in [-0.05, 0) is 18.6 Å². The van der Waals surface area contributed by atoms with Crippen molar-refractivity contribution < 1.29 is 24.2 Å². The summed E-state index contributed by atoms with van der Waals surface area (Å²) in [4.78, 5) is 22.4. The van der Waals surface area contributed by atoms with Gasteiger partial charge >= 0.3 is 5.97 Å². The van der Waals surface area contributed by atoms with Crippen LogP contribution in [0.25, 0.3) is 0 Å². The number of methoxy groups -OCH3 is 1. The molecule has 1 aromatic carbocycles. The molecule has 0 saturated carbocycles. The highest BCUT2D eigenvalue weighted by molar-refractivity contribution is 5.84. The molecule has 0 aliphatic heterocycles. The third-order valence-corrected chi connectivity index (χ3v) is 2.69. The number of benzene rings is 1. The largest absolute Gasteiger partial charge is 0.493 e. The van der Waals surface area contributed by atoms with E-state index in [0.717, 1.165) is 0 Å². The number of rotatable bonds is 7. The van der Waals surface area contributed by atoms with Gasteiger partial charge in [0.15, 0.2) is 18.1 Å². The molecule has 0 heterocycles. The zero-order chi connectivity index (χ0) is 15.8. The molecule has 7 nitrogen and oxygen atoms in total. The number of aliphatic carboxylic acids is 1. The molecular weight excluding hydrogens is 276 g/mol. The van der Waals surface area contributed by atoms with Crippen LogP contribution >= 0.6 is 0 Å². The molecule has 0 bridgehead atoms. The fourth-order valence-electron chi connectivity index (χ4n) is 1.57. The molecule has 1 amide bonds. The number of nitriles is 1. The van der Waals surface area contributed by atoms with Gasteiger partial charge in [0.2, 0.25) is 0 Å². The summed E-state index contributed by atoms with van der Waals surface area (Å²) in [5.41, 5.74) is 0.403. The predicted octanol–water partition coefficient (Wildman–Crippen LogP) is 0.925. The van der Waals surface area contributed by atoms with Gasteiger partial charge in [-0.2, -0.15) is 5.26 Å². The van der Waals surface area contributed by atoms with Crippen LogP contribution in [0.1, 0.15) is 18.9 Å². The second kappa shape index (κ2) is 7.75. The monoisotopic (exact) mass is 292 g/mol. The summed E-state index contributed by atoms with van der Waals surface area (Å²) >= 11 is 0. The number of hydrogen-bond acceptors (Lipinski definition) is 5. The molecular formula is C14H16N2O5. The number of nitrogens with one attached hydrogen (secondary N) is 1. The van der Waals surface area contributed by atoms with Crippen LogP contribution in [0.2, 0.25) is 0 Å². The van der Waals surface area contributed by atoms with E-state index >= 15 is 0 Å². The van der Waals surface area contributed by atoms with Gasteiger partial charge in [0.05, 0.1) is 18.7 Å². The second-order valence-corrected chi connectivity index (χ2v) is 4.13. The highest BCUT2D eigenvalue weighted by atomic mass is 16.5. The maximum absolute atomic E-state index is 11.6. The third-order valence-electron chi connectivity index (χ3n) is 2.69. The smallest absolute Gasteiger partial charge is 0.326 e. The Balaban J connectivity index is 2.65. The number of carbonyl (C=O) groups is 2. The van der Waals surface area contributed by atoms with E-state index in [9.17, 15) is 9.59 Å². The molecule has 0 spiro atoms. The molecule has 0 aliphatic rings. The molecule has 0 aromatic heterocycles. The molecule has 1 rings (SSSR count). The Labute approximate surface area is 122 Å². The van der Waals surface area contributed by atoms with Crippen LogP contribution in [-0.4, -0.2) is 36.7 Å². The van der Waals surface area contributed by atoms with Crippen molar-refractivity contribution in [3.8, 4) is 17.6 Å². The van der Waals surface area contributed by atoms with E-state index in [1.165, 1.54) is 25.3 Å². The van der Waals surface area contributed by atoms with Crippen molar-refractivity contribution in [1.82, 2.24) is 5.32 Å². The Bertz CT molecular complexity index is 565. The van der Waals surface area contributed by atoms with E-state index < -0.39 is 17.9 Å². The Hall–Kier alpha value is -2.75. The molecule has 1 atom stereocenters. The van der Waals surface area contributed by atoms with Crippen molar-refractivity contribution in [2.75, 3.05) is 13.7 Å². The Kier molecular flexibility index (Phi) is 6.01. The normalized spacial score (nSPS) is 11.1. The number of carboxylic acids is 1. The van der Waals surface area contributed by atoms with Crippen LogP contribution < -0.4 is 14.8 Å². The summed E-state index contributed by atoms with van der Waals surface area (Å²) in [5.74, 6) is -1.01. The number of ether oxygens (including phenoxy) is 2. The lowest BCUT2D eigenvalue weighted by Crippen LogP contribution is -2.42. The Morgan fingerprint density at radius 1 is 1.43 bits per heavy atom. The lowest BCUT2D eigenvalue weighted by Gasteiger charge is -2.14. The Morgan fingerprint density at radius 2 is 2.14 bits per heavy atom. The minimum Gasteiger partial charge on any atom is -0.493 e. The molecule has 112 valence electrons. The molecule has 7 heteroatoms. The van der Waals surface area contributed by atoms with E-state index in [0.29, 0.717) is 17.1 Å². The van der Waals surface area contributed by atoms with Gasteiger partial charge in [-0.25, -0.2) is 4.79 Å². The maximum atomic E-state index is 11.6. The SMILES string of the molecule is CCC(NC(=O)COc1ccc(C#N)cc1OC)C(=O)O. The first-order chi connectivity index (χ1) is 10.0. The summed E-state index contributed by atoms with van der Waals surface area (Å²) in [5, 5.41) is 20.0. The highest BCUT2D eigenvalue weighted by Gasteiger charge is 2.18. The zero-order valence-electron chi connectivity index (χ0n) is 11.8. The van der Waals surface area contributed by atoms with Gasteiger partial charge in [-0.1, -0.05) is 6.92 Å². The molecule has 0 aliphatic carbocycles. The van der Waals surface area contributed by atoms with Crippen LogP contribution in [0.5, 0.6) is 11.5 Å². The van der Waals surface area contributed by atoms with Crippen LogP contribution in [0.4, 0.5) is 0 Å². The summed E-state index contributed by atoms with van der Waals surface area (Å²) < 4.78 is 10.3. The van der Waals surface area contributed by atoms with Crippen molar-refractivity contribution >= 4 is 11.9 Å². The standard InChI is InChI=1S/C14H16N2O5/c1-3-10(14(18)19)16-13(17)8-21-11-5-4-9(7-15)6-12(11)20-2/h4-6,10H,3,8H2,1-2H3,(H,16,17)(H,18,19). The van der Waals surface area contributed by atoms with Gasteiger partial charge in [-0.3, -0.25) is 4.79 Å². The second-order valence-electron chi connectivity index (χ2n) is 4.13. The lowest BCUT2D eigenvalue weighted by molar-refractivity contribution is -0.142. The van der Waals surface area contributed by atoms with Crippen molar-refractivity contribution in [1.29, 1.82) is 5.26 Å². The average Bonchev–Trinajstić information content (AvgIpc) is 2.49. The molecule has 0 radical (unpaired) electrons. The number of nitrogens with zero attached hydrogens (tertiary/aromatic N) is 1. The molecule has 21 heavy (non-hydrogen) atoms. The first kappa shape index (κ1) is 16.3. The van der Waals surface area contributed by atoms with E-state index in [2.05, 4.69) is 5.32 Å². The lowest BCUT2D eigenvalue weighted by atomic mass is 10.2. The molecule has 2 N–H and O–H groups in total. The van der Waals surface area contributed by atoms with Crippen LogP contribution in [0.3, 0.4) is 0 Å². The Morgan fingerprint density at radius 3 is 2.67 bits per heavy atom. The summed E-state index contributed by atoms with van der Waals surface area (Å²) in [6.07, 6.45) is 0.279. The quantitative estimate of drug-likeness (QED) is 0.773. The van der Waals surface area contributed by atoms with Gasteiger partial charge in [-0.15, -0.1) is 0 Å². The molecule has 1 unspecified atom stereocenters. The summed E-state index contributed by atoms with van der Waals surface area (Å²) in [6, 6.07) is 5.55. The topological polar surface area (TPSA) is 109 Å². The van der Waals surface area contributed by atoms with Crippen molar-refractivity contribution in [2.45, 2.75) is 19.4 Å². The first-order valence-electron chi connectivity index (χ1n) is 6.24. The van der Waals surface area contributed by atoms with Crippen LogP contribution in [0, 0.1) is 11.3 Å². The predicted molar refractivity (Wildman–Crippen MR) is 73.1 cm³/mol. The van der Waals surface area contributed by atoms with Gasteiger partial charge in [0.1, 0.15) is 6.04 Å². The van der Waals surface area contributed by atoms with Crippen molar-refractivity contribution in [3.63, 3.8) is 0 Å². The van der Waals surface area contributed by atoms with Gasteiger partial charge < -0.3 is 19.9 Å². The molecule has 0 saturated heterocycles. The number of carbonyl (C=O) groups excluding carboxylic acids is 1. The van der Waals surface area contributed by atoms with Gasteiger partial charge in [0, 0.05) is 6.07 Å². The summed E-state index contributed by atoms with van der Waals surface area (Å²) in [6.45, 7) is 1.32. The van der Waals surface area contributed by atoms with Crippen molar-refractivity contribution in [3.05, 3.63) is 23.8 Å².